The molecule has 0 saturated heterocycles. The maximum atomic E-state index is 12.5. The molecule has 0 aromatic heterocycles. The van der Waals surface area contributed by atoms with E-state index < -0.39 is 23.8 Å². The van der Waals surface area contributed by atoms with Gasteiger partial charge in [0.15, 0.2) is 6.10 Å². The van der Waals surface area contributed by atoms with Gasteiger partial charge in [-0.15, -0.1) is 0 Å². The van der Waals surface area contributed by atoms with Gasteiger partial charge in [-0.1, -0.05) is 12.1 Å². The predicted octanol–water partition coefficient (Wildman–Crippen LogP) is 2.14. The molecule has 0 saturated carbocycles. The zero-order chi connectivity index (χ0) is 13.1. The van der Waals surface area contributed by atoms with Gasteiger partial charge in [0, 0.05) is 14.2 Å². The van der Waals surface area contributed by atoms with E-state index in [4.69, 9.17) is 4.74 Å². The van der Waals surface area contributed by atoms with Gasteiger partial charge in [-0.2, -0.15) is 13.2 Å². The molecule has 1 atom stereocenters. The van der Waals surface area contributed by atoms with Crippen LogP contribution in [0.3, 0.4) is 0 Å². The zero-order valence-corrected chi connectivity index (χ0v) is 9.34. The molecule has 6 heteroatoms. The molecule has 0 aliphatic heterocycles. The second-order valence-corrected chi connectivity index (χ2v) is 3.35. The van der Waals surface area contributed by atoms with Crippen LogP contribution >= 0.6 is 0 Å². The molecular formula is C11H12F3NO2. The molecule has 1 N–H and O–H groups in total. The number of hydrogen-bond acceptors (Lipinski definition) is 2. The average Bonchev–Trinajstić information content (AvgIpc) is 2.29. The van der Waals surface area contributed by atoms with Crippen molar-refractivity contribution in [2.75, 3.05) is 14.2 Å². The van der Waals surface area contributed by atoms with Gasteiger partial charge in [0.1, 0.15) is 0 Å². The van der Waals surface area contributed by atoms with Crippen LogP contribution in [0.15, 0.2) is 24.3 Å². The molecule has 0 heterocycles. The summed E-state index contributed by atoms with van der Waals surface area (Å²) in [7, 11) is 2.65. The van der Waals surface area contributed by atoms with Crippen molar-refractivity contribution in [1.82, 2.24) is 5.32 Å². The van der Waals surface area contributed by atoms with E-state index in [2.05, 4.69) is 5.32 Å². The molecule has 1 aromatic rings. The van der Waals surface area contributed by atoms with Gasteiger partial charge in [0.05, 0.1) is 5.56 Å². The molecule has 0 radical (unpaired) electrons. The maximum absolute atomic E-state index is 12.5. The van der Waals surface area contributed by atoms with E-state index in [-0.39, 0.29) is 5.56 Å². The van der Waals surface area contributed by atoms with Crippen molar-refractivity contribution in [3.8, 4) is 0 Å². The minimum absolute atomic E-state index is 0.168. The van der Waals surface area contributed by atoms with Crippen LogP contribution in [0.5, 0.6) is 0 Å². The van der Waals surface area contributed by atoms with Gasteiger partial charge in [-0.05, 0) is 17.7 Å². The Bertz CT molecular complexity index is 404. The highest BCUT2D eigenvalue weighted by molar-refractivity contribution is 5.81. The summed E-state index contributed by atoms with van der Waals surface area (Å²) in [6.07, 6.45) is -5.47. The summed E-state index contributed by atoms with van der Waals surface area (Å²) in [6, 6.07) is 4.51. The number of likely N-dealkylation sites (N-methyl/N-ethyl adjacent to an activating group) is 1. The Labute approximate surface area is 96.6 Å². The number of benzene rings is 1. The van der Waals surface area contributed by atoms with E-state index in [0.29, 0.717) is 0 Å². The van der Waals surface area contributed by atoms with E-state index in [1.807, 2.05) is 0 Å². The van der Waals surface area contributed by atoms with Crippen LogP contribution < -0.4 is 5.32 Å². The Hall–Kier alpha value is -1.56. The van der Waals surface area contributed by atoms with Crippen LogP contribution in [0.1, 0.15) is 17.2 Å². The fourth-order valence-electron chi connectivity index (χ4n) is 1.40. The summed E-state index contributed by atoms with van der Waals surface area (Å²) in [4.78, 5) is 11.4. The third kappa shape index (κ3) is 3.20. The Morgan fingerprint density at radius 2 is 2.06 bits per heavy atom. The number of amides is 1. The maximum Gasteiger partial charge on any atom is 0.416 e. The lowest BCUT2D eigenvalue weighted by Crippen LogP contribution is -2.27. The van der Waals surface area contributed by atoms with Crippen LogP contribution in [0, 0.1) is 0 Å². The standard InChI is InChI=1S/C11H12F3NO2/c1-15-10(16)9(17-2)7-4-3-5-8(6-7)11(12,13)14/h3-6,9H,1-2H3,(H,15,16). The van der Waals surface area contributed by atoms with Crippen LogP contribution in [0.2, 0.25) is 0 Å². The van der Waals surface area contributed by atoms with Crippen molar-refractivity contribution in [2.45, 2.75) is 12.3 Å². The van der Waals surface area contributed by atoms with E-state index >= 15 is 0 Å². The summed E-state index contributed by atoms with van der Waals surface area (Å²) in [5.74, 6) is -0.494. The van der Waals surface area contributed by atoms with Crippen LogP contribution in [-0.4, -0.2) is 20.1 Å². The molecule has 3 nitrogen and oxygen atoms in total. The first kappa shape index (κ1) is 13.5. The van der Waals surface area contributed by atoms with Gasteiger partial charge in [0.2, 0.25) is 0 Å². The first-order valence-corrected chi connectivity index (χ1v) is 4.81. The van der Waals surface area contributed by atoms with Crippen molar-refractivity contribution in [2.24, 2.45) is 0 Å². The SMILES string of the molecule is CNC(=O)C(OC)c1cccc(C(F)(F)F)c1. The highest BCUT2D eigenvalue weighted by atomic mass is 19.4. The van der Waals surface area contributed by atoms with Gasteiger partial charge in [-0.3, -0.25) is 4.79 Å². The lowest BCUT2D eigenvalue weighted by atomic mass is 10.1. The average molecular weight is 247 g/mol. The van der Waals surface area contributed by atoms with Crippen LogP contribution in [0.25, 0.3) is 0 Å². The number of ether oxygens (including phenoxy) is 1. The van der Waals surface area contributed by atoms with Gasteiger partial charge < -0.3 is 10.1 Å². The molecule has 1 rings (SSSR count). The molecule has 1 aromatic carbocycles. The Kier molecular flexibility index (Phi) is 4.11. The second-order valence-electron chi connectivity index (χ2n) is 3.35. The molecule has 94 valence electrons. The monoisotopic (exact) mass is 247 g/mol. The third-order valence-electron chi connectivity index (χ3n) is 2.24. The van der Waals surface area contributed by atoms with E-state index in [9.17, 15) is 18.0 Å². The summed E-state index contributed by atoms with van der Waals surface area (Å²) in [6.45, 7) is 0. The summed E-state index contributed by atoms with van der Waals surface area (Å²) in [5.41, 5.74) is -0.636. The summed E-state index contributed by atoms with van der Waals surface area (Å²) in [5, 5.41) is 2.33. The summed E-state index contributed by atoms with van der Waals surface area (Å²) < 4.78 is 42.3. The number of hydrogen-bond donors (Lipinski definition) is 1. The largest absolute Gasteiger partial charge is 0.416 e. The highest BCUT2D eigenvalue weighted by Crippen LogP contribution is 2.31. The number of carbonyl (C=O) groups is 1. The molecule has 17 heavy (non-hydrogen) atoms. The lowest BCUT2D eigenvalue weighted by molar-refractivity contribution is -0.138. The number of rotatable bonds is 3. The molecule has 1 amide bonds. The quantitative estimate of drug-likeness (QED) is 0.888. The Balaban J connectivity index is 3.10. The summed E-state index contributed by atoms with van der Waals surface area (Å²) >= 11 is 0. The van der Waals surface area contributed by atoms with Gasteiger partial charge >= 0.3 is 6.18 Å². The molecule has 0 spiro atoms. The van der Waals surface area contributed by atoms with Crippen LogP contribution in [-0.2, 0) is 15.7 Å². The van der Waals surface area contributed by atoms with Crippen molar-refractivity contribution in [3.63, 3.8) is 0 Å². The third-order valence-corrected chi connectivity index (χ3v) is 2.24. The number of alkyl halides is 3. The van der Waals surface area contributed by atoms with Crippen molar-refractivity contribution in [1.29, 1.82) is 0 Å². The fraction of sp³-hybridized carbons (Fsp3) is 0.364. The number of carbonyl (C=O) groups excluding carboxylic acids is 1. The number of nitrogens with one attached hydrogen (secondary N) is 1. The first-order chi connectivity index (χ1) is 7.90. The van der Waals surface area contributed by atoms with Crippen LogP contribution in [0.4, 0.5) is 13.2 Å². The molecule has 0 bridgehead atoms. The minimum atomic E-state index is -4.43. The van der Waals surface area contributed by atoms with E-state index in [1.54, 1.807) is 0 Å². The normalized spacial score (nSPS) is 13.2. The smallest absolute Gasteiger partial charge is 0.367 e. The number of halogens is 3. The molecule has 0 fully saturated rings. The van der Waals surface area contributed by atoms with Gasteiger partial charge in [0.25, 0.3) is 5.91 Å². The predicted molar refractivity (Wildman–Crippen MR) is 55.3 cm³/mol. The molecule has 0 aliphatic carbocycles. The van der Waals surface area contributed by atoms with Crippen molar-refractivity contribution >= 4 is 5.91 Å². The highest BCUT2D eigenvalue weighted by Gasteiger charge is 2.31. The Morgan fingerprint density at radius 1 is 1.41 bits per heavy atom. The van der Waals surface area contributed by atoms with Crippen molar-refractivity contribution in [3.05, 3.63) is 35.4 Å². The minimum Gasteiger partial charge on any atom is -0.367 e. The second kappa shape index (κ2) is 5.18. The zero-order valence-electron chi connectivity index (χ0n) is 9.34. The van der Waals surface area contributed by atoms with E-state index in [0.717, 1.165) is 12.1 Å². The fourth-order valence-corrected chi connectivity index (χ4v) is 1.40. The number of methoxy groups -OCH3 is 1. The van der Waals surface area contributed by atoms with Crippen molar-refractivity contribution < 1.29 is 22.7 Å². The van der Waals surface area contributed by atoms with Gasteiger partial charge in [-0.25, -0.2) is 0 Å². The lowest BCUT2D eigenvalue weighted by Gasteiger charge is -2.15. The molecule has 1 unspecified atom stereocenters. The topological polar surface area (TPSA) is 38.3 Å². The molecular weight excluding hydrogens is 235 g/mol. The van der Waals surface area contributed by atoms with E-state index in [1.165, 1.54) is 26.3 Å². The Morgan fingerprint density at radius 3 is 2.53 bits per heavy atom. The first-order valence-electron chi connectivity index (χ1n) is 4.81. The molecule has 0 aliphatic rings.